The number of phenolic OH excluding ortho intramolecular Hbond substituents is 1. The second kappa shape index (κ2) is 9.37. The first-order valence-electron chi connectivity index (χ1n) is 9.69. The molecular weight excluding hydrogens is 387 g/mol. The van der Waals surface area contributed by atoms with Gasteiger partial charge in [-0.3, -0.25) is 13.8 Å². The third-order valence-electron chi connectivity index (χ3n) is 4.59. The Morgan fingerprint density at radius 3 is 2.57 bits per heavy atom. The van der Waals surface area contributed by atoms with Crippen molar-refractivity contribution >= 4 is 13.6 Å². The summed E-state index contributed by atoms with van der Waals surface area (Å²) < 4.78 is 39.8. The first kappa shape index (κ1) is 21.3. The van der Waals surface area contributed by atoms with Crippen molar-refractivity contribution in [2.24, 2.45) is 0 Å². The molecule has 0 radical (unpaired) electrons. The van der Waals surface area contributed by atoms with Gasteiger partial charge in [-0.2, -0.15) is 0 Å². The standard InChI is InChI=1S/C19H27O8P/c1-3-24-28(22,25-4-2)27-15-10-13-9-14(26-18-7-5-6-8-23-18)11-16(20)19(13)17(21)12-15/h10,12,14,18,21H,3-9,11H2,1-2H3/t14-,18?/m1/s1. The summed E-state index contributed by atoms with van der Waals surface area (Å²) >= 11 is 0. The Kier molecular flexibility index (Phi) is 7.12. The lowest BCUT2D eigenvalue weighted by atomic mass is 9.87. The summed E-state index contributed by atoms with van der Waals surface area (Å²) in [5, 5.41) is 10.3. The number of carbonyl (C=O) groups excluding carboxylic acids is 1. The van der Waals surface area contributed by atoms with Gasteiger partial charge in [0.2, 0.25) is 0 Å². The number of aromatic hydroxyl groups is 1. The molecule has 1 unspecified atom stereocenters. The molecule has 1 aromatic rings. The molecule has 0 aromatic heterocycles. The van der Waals surface area contributed by atoms with E-state index in [2.05, 4.69) is 0 Å². The number of ketones is 1. The van der Waals surface area contributed by atoms with Gasteiger partial charge >= 0.3 is 7.82 Å². The molecule has 9 heteroatoms. The Hall–Kier alpha value is -1.44. The number of fused-ring (bicyclic) bond motifs is 1. The zero-order valence-electron chi connectivity index (χ0n) is 16.2. The van der Waals surface area contributed by atoms with E-state index in [0.717, 1.165) is 19.3 Å². The van der Waals surface area contributed by atoms with Crippen molar-refractivity contribution in [1.29, 1.82) is 0 Å². The minimum atomic E-state index is -3.80. The van der Waals surface area contributed by atoms with Crippen LogP contribution in [0.25, 0.3) is 0 Å². The topological polar surface area (TPSA) is 101 Å². The number of phenols is 1. The van der Waals surface area contributed by atoms with Crippen LogP contribution in [0.3, 0.4) is 0 Å². The lowest BCUT2D eigenvalue weighted by molar-refractivity contribution is -0.187. The van der Waals surface area contributed by atoms with Gasteiger partial charge in [-0.1, -0.05) is 0 Å². The quantitative estimate of drug-likeness (QED) is 0.637. The summed E-state index contributed by atoms with van der Waals surface area (Å²) in [6.45, 7) is 4.29. The monoisotopic (exact) mass is 414 g/mol. The van der Waals surface area contributed by atoms with Crippen molar-refractivity contribution in [3.8, 4) is 11.5 Å². The van der Waals surface area contributed by atoms with Crippen molar-refractivity contribution in [2.45, 2.75) is 58.3 Å². The van der Waals surface area contributed by atoms with Crippen LogP contribution in [0.1, 0.15) is 55.5 Å². The predicted octanol–water partition coefficient (Wildman–Crippen LogP) is 3.99. The number of phosphoric acid groups is 1. The van der Waals surface area contributed by atoms with E-state index < -0.39 is 7.82 Å². The second-order valence-electron chi connectivity index (χ2n) is 6.74. The average molecular weight is 414 g/mol. The Morgan fingerprint density at radius 2 is 1.93 bits per heavy atom. The number of hydrogen-bond acceptors (Lipinski definition) is 8. The van der Waals surface area contributed by atoms with Crippen molar-refractivity contribution in [2.75, 3.05) is 19.8 Å². The predicted molar refractivity (Wildman–Crippen MR) is 101 cm³/mol. The first-order valence-corrected chi connectivity index (χ1v) is 11.1. The molecule has 0 saturated carbocycles. The van der Waals surface area contributed by atoms with E-state index in [1.165, 1.54) is 6.07 Å². The van der Waals surface area contributed by atoms with Crippen molar-refractivity contribution in [1.82, 2.24) is 0 Å². The van der Waals surface area contributed by atoms with Gasteiger partial charge in [-0.15, -0.1) is 0 Å². The van der Waals surface area contributed by atoms with Crippen molar-refractivity contribution in [3.63, 3.8) is 0 Å². The molecule has 2 atom stereocenters. The SMILES string of the molecule is CCOP(=O)(OCC)Oc1cc(O)c2c(c1)C[C@@H](OC1CCCCO1)CC2=O. The molecule has 1 aliphatic carbocycles. The largest absolute Gasteiger partial charge is 0.530 e. The van der Waals surface area contributed by atoms with E-state index in [1.807, 2.05) is 0 Å². The molecule has 8 nitrogen and oxygen atoms in total. The molecule has 0 bridgehead atoms. The fraction of sp³-hybridized carbons (Fsp3) is 0.632. The number of ether oxygens (including phenoxy) is 2. The molecule has 156 valence electrons. The van der Waals surface area contributed by atoms with E-state index >= 15 is 0 Å². The summed E-state index contributed by atoms with van der Waals surface area (Å²) in [4.78, 5) is 12.5. The molecule has 2 aliphatic rings. The fourth-order valence-corrected chi connectivity index (χ4v) is 4.66. The molecule has 1 saturated heterocycles. The van der Waals surface area contributed by atoms with Crippen molar-refractivity contribution in [3.05, 3.63) is 23.3 Å². The summed E-state index contributed by atoms with van der Waals surface area (Å²) in [5.41, 5.74) is 0.825. The van der Waals surface area contributed by atoms with Crippen LogP contribution < -0.4 is 4.52 Å². The Bertz CT molecular complexity index is 734. The summed E-state index contributed by atoms with van der Waals surface area (Å²) in [6, 6.07) is 2.84. The lowest BCUT2D eigenvalue weighted by Crippen LogP contribution is -2.33. The number of hydrogen-bond donors (Lipinski definition) is 1. The highest BCUT2D eigenvalue weighted by Gasteiger charge is 2.33. The van der Waals surface area contributed by atoms with Crippen molar-refractivity contribution < 1.29 is 37.5 Å². The highest BCUT2D eigenvalue weighted by molar-refractivity contribution is 7.48. The zero-order valence-corrected chi connectivity index (χ0v) is 17.1. The molecule has 0 spiro atoms. The number of Topliss-reactive ketones (excluding diaryl/α,β-unsaturated/α-hetero) is 1. The van der Waals surface area contributed by atoms with E-state index in [1.54, 1.807) is 19.9 Å². The summed E-state index contributed by atoms with van der Waals surface area (Å²) in [7, 11) is -3.80. The van der Waals surface area contributed by atoms with Gasteiger partial charge < -0.3 is 19.1 Å². The van der Waals surface area contributed by atoms with Crippen LogP contribution in [0.5, 0.6) is 11.5 Å². The fourth-order valence-electron chi connectivity index (χ4n) is 3.48. The molecule has 1 aliphatic heterocycles. The summed E-state index contributed by atoms with van der Waals surface area (Å²) in [5.74, 6) is -0.308. The number of benzene rings is 1. The van der Waals surface area contributed by atoms with E-state index in [-0.39, 0.29) is 54.9 Å². The van der Waals surface area contributed by atoms with Crippen LogP contribution in [0, 0.1) is 0 Å². The van der Waals surface area contributed by atoms with Gasteiger partial charge in [0.1, 0.15) is 11.5 Å². The van der Waals surface area contributed by atoms with Crippen LogP contribution in [0.15, 0.2) is 12.1 Å². The normalized spacial score (nSPS) is 22.7. The number of carbonyl (C=O) groups is 1. The number of phosphoric ester groups is 1. The average Bonchev–Trinajstić information content (AvgIpc) is 2.62. The molecule has 3 rings (SSSR count). The van der Waals surface area contributed by atoms with Crippen LogP contribution in [-0.4, -0.2) is 43.1 Å². The van der Waals surface area contributed by atoms with Gasteiger partial charge in [-0.05, 0) is 44.7 Å². The highest BCUT2D eigenvalue weighted by atomic mass is 31.2. The van der Waals surface area contributed by atoms with Crippen LogP contribution >= 0.6 is 7.82 Å². The number of rotatable bonds is 8. The third-order valence-corrected chi connectivity index (χ3v) is 6.17. The van der Waals surface area contributed by atoms with Crippen LogP contribution in [-0.2, 0) is 29.5 Å². The lowest BCUT2D eigenvalue weighted by Gasteiger charge is -2.30. The maximum atomic E-state index is 12.6. The van der Waals surface area contributed by atoms with E-state index in [0.29, 0.717) is 18.6 Å². The van der Waals surface area contributed by atoms with Gasteiger partial charge in [0.15, 0.2) is 12.1 Å². The summed E-state index contributed by atoms with van der Waals surface area (Å²) in [6.07, 6.45) is 2.79. The zero-order chi connectivity index (χ0) is 20.1. The maximum absolute atomic E-state index is 12.6. The van der Waals surface area contributed by atoms with Gasteiger partial charge in [0.05, 0.1) is 24.9 Å². The molecular formula is C19H27O8P. The first-order chi connectivity index (χ1) is 13.4. The van der Waals surface area contributed by atoms with Gasteiger partial charge in [0.25, 0.3) is 0 Å². The molecule has 1 heterocycles. The minimum absolute atomic E-state index is 0.115. The highest BCUT2D eigenvalue weighted by Crippen LogP contribution is 2.50. The third kappa shape index (κ3) is 5.13. The molecule has 0 amide bonds. The van der Waals surface area contributed by atoms with E-state index in [9.17, 15) is 14.5 Å². The Labute approximate surface area is 164 Å². The minimum Gasteiger partial charge on any atom is -0.507 e. The molecule has 1 fully saturated rings. The maximum Gasteiger partial charge on any atom is 0.530 e. The van der Waals surface area contributed by atoms with E-state index in [4.69, 9.17) is 23.0 Å². The van der Waals surface area contributed by atoms with Gasteiger partial charge in [0, 0.05) is 25.5 Å². The molecule has 1 N–H and O–H groups in total. The smallest absolute Gasteiger partial charge is 0.507 e. The van der Waals surface area contributed by atoms with Crippen LogP contribution in [0.2, 0.25) is 0 Å². The molecule has 28 heavy (non-hydrogen) atoms. The molecule has 1 aromatic carbocycles. The Morgan fingerprint density at radius 1 is 1.18 bits per heavy atom. The second-order valence-corrected chi connectivity index (χ2v) is 8.33. The Balaban J connectivity index is 1.78. The van der Waals surface area contributed by atoms with Gasteiger partial charge in [-0.25, -0.2) is 4.57 Å². The van der Waals surface area contributed by atoms with Crippen LogP contribution in [0.4, 0.5) is 0 Å².